The molecule has 0 unspecified atom stereocenters. The van der Waals surface area contributed by atoms with Crippen LogP contribution in [0, 0.1) is 5.82 Å². The van der Waals surface area contributed by atoms with E-state index in [-0.39, 0.29) is 23.7 Å². The highest BCUT2D eigenvalue weighted by Gasteiger charge is 2.07. The van der Waals surface area contributed by atoms with Gasteiger partial charge in [-0.25, -0.2) is 9.18 Å². The molecule has 0 spiro atoms. The Balaban J connectivity index is 2.12. The van der Waals surface area contributed by atoms with Gasteiger partial charge in [0.2, 0.25) is 0 Å². The fraction of sp³-hybridized carbons (Fsp3) is 0.0769. The lowest BCUT2D eigenvalue weighted by molar-refractivity contribution is 0.0696. The van der Waals surface area contributed by atoms with Gasteiger partial charge in [0, 0.05) is 16.2 Å². The number of hydrogen-bond acceptors (Lipinski definition) is 3. The number of aromatic nitrogens is 1. The summed E-state index contributed by atoms with van der Waals surface area (Å²) in [6, 6.07) is 5.86. The summed E-state index contributed by atoms with van der Waals surface area (Å²) in [6.07, 6.45) is 2.59. The van der Waals surface area contributed by atoms with Crippen molar-refractivity contribution in [2.75, 3.05) is 0 Å². The number of benzene rings is 1. The molecular formula is C13H9BrFNO3. The average Bonchev–Trinajstić information content (AvgIpc) is 2.40. The van der Waals surface area contributed by atoms with Crippen LogP contribution in [-0.2, 0) is 6.61 Å². The van der Waals surface area contributed by atoms with Crippen LogP contribution in [0.2, 0.25) is 0 Å². The summed E-state index contributed by atoms with van der Waals surface area (Å²) in [5.74, 6) is -1.20. The summed E-state index contributed by atoms with van der Waals surface area (Å²) in [5.41, 5.74) is 0.391. The van der Waals surface area contributed by atoms with Gasteiger partial charge < -0.3 is 9.84 Å². The second-order valence-corrected chi connectivity index (χ2v) is 4.65. The molecule has 2 aromatic rings. The number of carbonyl (C=O) groups is 1. The average molecular weight is 326 g/mol. The SMILES string of the molecule is O=C(O)c1cncc(OCc2cc(Br)ccc2F)c1. The minimum absolute atomic E-state index is 0.00394. The van der Waals surface area contributed by atoms with E-state index in [1.54, 1.807) is 12.1 Å². The summed E-state index contributed by atoms with van der Waals surface area (Å²) in [7, 11) is 0. The van der Waals surface area contributed by atoms with Crippen molar-refractivity contribution in [1.82, 2.24) is 4.98 Å². The molecular weight excluding hydrogens is 317 g/mol. The lowest BCUT2D eigenvalue weighted by Crippen LogP contribution is -2.01. The third-order valence-electron chi connectivity index (χ3n) is 2.36. The first kappa shape index (κ1) is 13.5. The first-order valence-electron chi connectivity index (χ1n) is 5.31. The zero-order chi connectivity index (χ0) is 13.8. The molecule has 0 aliphatic rings. The lowest BCUT2D eigenvalue weighted by atomic mass is 10.2. The molecule has 0 aliphatic carbocycles. The second kappa shape index (κ2) is 5.79. The Kier molecular flexibility index (Phi) is 4.11. The Morgan fingerprint density at radius 2 is 2.16 bits per heavy atom. The van der Waals surface area contributed by atoms with Gasteiger partial charge in [-0.05, 0) is 24.3 Å². The predicted octanol–water partition coefficient (Wildman–Crippen LogP) is 3.26. The summed E-state index contributed by atoms with van der Waals surface area (Å²) in [6.45, 7) is -0.00394. The van der Waals surface area contributed by atoms with E-state index in [1.165, 1.54) is 24.5 Å². The molecule has 0 saturated heterocycles. The van der Waals surface area contributed by atoms with Crippen LogP contribution in [0.5, 0.6) is 5.75 Å². The third-order valence-corrected chi connectivity index (χ3v) is 2.86. The van der Waals surface area contributed by atoms with E-state index in [0.717, 1.165) is 4.47 Å². The molecule has 19 heavy (non-hydrogen) atoms. The Morgan fingerprint density at radius 1 is 1.37 bits per heavy atom. The highest BCUT2D eigenvalue weighted by Crippen LogP contribution is 2.18. The van der Waals surface area contributed by atoms with E-state index < -0.39 is 5.97 Å². The van der Waals surface area contributed by atoms with Crippen LogP contribution in [0.15, 0.2) is 41.1 Å². The van der Waals surface area contributed by atoms with Gasteiger partial charge in [-0.3, -0.25) is 4.98 Å². The molecule has 4 nitrogen and oxygen atoms in total. The molecule has 0 amide bonds. The minimum Gasteiger partial charge on any atom is -0.487 e. The molecule has 1 aromatic carbocycles. The Hall–Kier alpha value is -1.95. The maximum atomic E-state index is 13.5. The fourth-order valence-corrected chi connectivity index (χ4v) is 1.84. The molecule has 1 aromatic heterocycles. The van der Waals surface area contributed by atoms with Crippen LogP contribution in [0.25, 0.3) is 0 Å². The molecule has 0 bridgehead atoms. The number of carboxylic acids is 1. The van der Waals surface area contributed by atoms with Crippen molar-refractivity contribution in [3.8, 4) is 5.75 Å². The van der Waals surface area contributed by atoms with Gasteiger partial charge in [-0.2, -0.15) is 0 Å². The Labute approximate surface area is 117 Å². The molecule has 0 radical (unpaired) electrons. The van der Waals surface area contributed by atoms with Gasteiger partial charge in [0.15, 0.2) is 0 Å². The quantitative estimate of drug-likeness (QED) is 0.937. The number of ether oxygens (including phenoxy) is 1. The lowest BCUT2D eigenvalue weighted by Gasteiger charge is -2.07. The summed E-state index contributed by atoms with van der Waals surface area (Å²) < 4.78 is 19.5. The zero-order valence-electron chi connectivity index (χ0n) is 9.64. The highest BCUT2D eigenvalue weighted by molar-refractivity contribution is 9.10. The van der Waals surface area contributed by atoms with Crippen molar-refractivity contribution in [3.63, 3.8) is 0 Å². The zero-order valence-corrected chi connectivity index (χ0v) is 11.2. The van der Waals surface area contributed by atoms with Crippen molar-refractivity contribution in [3.05, 3.63) is 58.1 Å². The van der Waals surface area contributed by atoms with Crippen LogP contribution < -0.4 is 4.74 Å². The van der Waals surface area contributed by atoms with Crippen LogP contribution in [0.4, 0.5) is 4.39 Å². The molecule has 0 atom stereocenters. The van der Waals surface area contributed by atoms with Gasteiger partial charge in [-0.1, -0.05) is 15.9 Å². The van der Waals surface area contributed by atoms with Crippen molar-refractivity contribution < 1.29 is 19.0 Å². The highest BCUT2D eigenvalue weighted by atomic mass is 79.9. The van der Waals surface area contributed by atoms with Crippen LogP contribution >= 0.6 is 15.9 Å². The van der Waals surface area contributed by atoms with Gasteiger partial charge in [0.05, 0.1) is 11.8 Å². The number of nitrogens with zero attached hydrogens (tertiary/aromatic N) is 1. The minimum atomic E-state index is -1.09. The van der Waals surface area contributed by atoms with E-state index in [0.29, 0.717) is 5.56 Å². The van der Waals surface area contributed by atoms with Crippen molar-refractivity contribution in [2.24, 2.45) is 0 Å². The number of carboxylic acid groups (broad SMARTS) is 1. The normalized spacial score (nSPS) is 10.2. The number of halogens is 2. The standard InChI is InChI=1S/C13H9BrFNO3/c14-10-1-2-12(15)9(3-10)7-19-11-4-8(13(17)18)5-16-6-11/h1-6H,7H2,(H,17,18). The monoisotopic (exact) mass is 325 g/mol. The number of pyridine rings is 1. The predicted molar refractivity (Wildman–Crippen MR) is 69.6 cm³/mol. The molecule has 98 valence electrons. The van der Waals surface area contributed by atoms with E-state index in [1.807, 2.05) is 0 Å². The third kappa shape index (κ3) is 3.51. The molecule has 2 rings (SSSR count). The summed E-state index contributed by atoms with van der Waals surface area (Å²) in [5, 5.41) is 8.81. The van der Waals surface area contributed by atoms with Gasteiger partial charge in [0.25, 0.3) is 0 Å². The Bertz CT molecular complexity index is 619. The number of rotatable bonds is 4. The Morgan fingerprint density at radius 3 is 2.89 bits per heavy atom. The van der Waals surface area contributed by atoms with Crippen molar-refractivity contribution in [1.29, 1.82) is 0 Å². The molecule has 6 heteroatoms. The molecule has 0 fully saturated rings. The molecule has 0 aliphatic heterocycles. The first-order chi connectivity index (χ1) is 9.06. The smallest absolute Gasteiger partial charge is 0.337 e. The molecule has 1 N–H and O–H groups in total. The second-order valence-electron chi connectivity index (χ2n) is 3.74. The van der Waals surface area contributed by atoms with E-state index in [9.17, 15) is 9.18 Å². The number of aromatic carboxylic acids is 1. The topological polar surface area (TPSA) is 59.4 Å². The van der Waals surface area contributed by atoms with Gasteiger partial charge >= 0.3 is 5.97 Å². The van der Waals surface area contributed by atoms with Gasteiger partial charge in [-0.15, -0.1) is 0 Å². The summed E-state index contributed by atoms with van der Waals surface area (Å²) in [4.78, 5) is 14.5. The maximum Gasteiger partial charge on any atom is 0.337 e. The van der Waals surface area contributed by atoms with Crippen LogP contribution in [-0.4, -0.2) is 16.1 Å². The van der Waals surface area contributed by atoms with Crippen molar-refractivity contribution in [2.45, 2.75) is 6.61 Å². The van der Waals surface area contributed by atoms with Gasteiger partial charge in [0.1, 0.15) is 18.2 Å². The van der Waals surface area contributed by atoms with Crippen molar-refractivity contribution >= 4 is 21.9 Å². The maximum absolute atomic E-state index is 13.5. The number of hydrogen-bond donors (Lipinski definition) is 1. The fourth-order valence-electron chi connectivity index (χ4n) is 1.43. The van der Waals surface area contributed by atoms with E-state index in [2.05, 4.69) is 20.9 Å². The molecule has 0 saturated carbocycles. The van der Waals surface area contributed by atoms with E-state index in [4.69, 9.17) is 9.84 Å². The first-order valence-corrected chi connectivity index (χ1v) is 6.10. The molecule has 1 heterocycles. The summed E-state index contributed by atoms with van der Waals surface area (Å²) >= 11 is 3.24. The largest absolute Gasteiger partial charge is 0.487 e. The van der Waals surface area contributed by atoms with Crippen LogP contribution in [0.1, 0.15) is 15.9 Å². The van der Waals surface area contributed by atoms with Crippen LogP contribution in [0.3, 0.4) is 0 Å². The van der Waals surface area contributed by atoms with E-state index >= 15 is 0 Å².